The first-order valence-electron chi connectivity index (χ1n) is 4.81. The normalized spacial score (nSPS) is 12.4. The average Bonchev–Trinajstić information content (AvgIpc) is 2.19. The van der Waals surface area contributed by atoms with Crippen molar-refractivity contribution in [3.63, 3.8) is 0 Å². The van der Waals surface area contributed by atoms with Crippen molar-refractivity contribution < 1.29 is 0 Å². The largest absolute Gasteiger partial charge is 0.313 e. The van der Waals surface area contributed by atoms with E-state index in [1.165, 1.54) is 5.56 Å². The second-order valence-corrected chi connectivity index (χ2v) is 3.70. The van der Waals surface area contributed by atoms with Gasteiger partial charge >= 0.3 is 0 Å². The zero-order chi connectivity index (χ0) is 10.4. The molecule has 1 aromatic carbocycles. The molecule has 2 heteroatoms. The molecule has 0 radical (unpaired) electrons. The molecule has 14 heavy (non-hydrogen) atoms. The van der Waals surface area contributed by atoms with Crippen LogP contribution in [0.3, 0.4) is 0 Å². The molecule has 0 saturated heterocycles. The molecule has 0 spiro atoms. The van der Waals surface area contributed by atoms with Crippen molar-refractivity contribution in [2.75, 3.05) is 7.05 Å². The number of nitrogens with one attached hydrogen (secondary N) is 1. The van der Waals surface area contributed by atoms with Crippen LogP contribution in [0.15, 0.2) is 36.9 Å². The molecule has 1 aromatic rings. The van der Waals surface area contributed by atoms with E-state index in [1.54, 1.807) is 0 Å². The van der Waals surface area contributed by atoms with Crippen LogP contribution in [-0.2, 0) is 0 Å². The Balaban J connectivity index is 2.72. The maximum atomic E-state index is 5.93. The lowest BCUT2D eigenvalue weighted by atomic mass is 10.0. The third-order valence-corrected chi connectivity index (χ3v) is 2.49. The van der Waals surface area contributed by atoms with E-state index in [0.717, 1.165) is 17.9 Å². The van der Waals surface area contributed by atoms with Crippen molar-refractivity contribution in [3.8, 4) is 0 Å². The average molecular weight is 210 g/mol. The summed E-state index contributed by atoms with van der Waals surface area (Å²) in [7, 11) is 1.97. The van der Waals surface area contributed by atoms with Gasteiger partial charge in [-0.1, -0.05) is 29.8 Å². The van der Waals surface area contributed by atoms with E-state index in [0.29, 0.717) is 6.04 Å². The van der Waals surface area contributed by atoms with Gasteiger partial charge in [-0.05, 0) is 37.6 Å². The molecule has 0 fully saturated rings. The first-order valence-corrected chi connectivity index (χ1v) is 5.19. The third-order valence-electron chi connectivity index (χ3n) is 2.26. The van der Waals surface area contributed by atoms with Gasteiger partial charge in [-0.3, -0.25) is 0 Å². The van der Waals surface area contributed by atoms with Crippen LogP contribution >= 0.6 is 11.6 Å². The molecule has 76 valence electrons. The highest BCUT2D eigenvalue weighted by Gasteiger charge is 2.07. The molecule has 0 heterocycles. The Bertz CT molecular complexity index is 296. The van der Waals surface area contributed by atoms with Gasteiger partial charge in [-0.25, -0.2) is 0 Å². The lowest BCUT2D eigenvalue weighted by Gasteiger charge is -2.15. The monoisotopic (exact) mass is 209 g/mol. The third kappa shape index (κ3) is 3.17. The zero-order valence-electron chi connectivity index (χ0n) is 8.46. The van der Waals surface area contributed by atoms with E-state index >= 15 is 0 Å². The fourth-order valence-corrected chi connectivity index (χ4v) is 1.68. The second kappa shape index (κ2) is 5.84. The van der Waals surface area contributed by atoms with Crippen LogP contribution in [-0.4, -0.2) is 7.05 Å². The quantitative estimate of drug-likeness (QED) is 0.732. The number of benzene rings is 1. The van der Waals surface area contributed by atoms with E-state index in [-0.39, 0.29) is 0 Å². The summed E-state index contributed by atoms with van der Waals surface area (Å²) < 4.78 is 0. The Morgan fingerprint density at radius 2 is 2.36 bits per heavy atom. The molecular formula is C12H16ClN. The Morgan fingerprint density at radius 1 is 1.57 bits per heavy atom. The predicted molar refractivity (Wildman–Crippen MR) is 62.7 cm³/mol. The number of halogens is 1. The summed E-state index contributed by atoms with van der Waals surface area (Å²) in [5, 5.41) is 4.07. The molecule has 0 aliphatic rings. The van der Waals surface area contributed by atoms with Gasteiger partial charge in [0, 0.05) is 11.1 Å². The van der Waals surface area contributed by atoms with Crippen LogP contribution in [0.4, 0.5) is 0 Å². The number of hydrogen-bond donors (Lipinski definition) is 1. The van der Waals surface area contributed by atoms with E-state index in [4.69, 9.17) is 11.6 Å². The molecular weight excluding hydrogens is 194 g/mol. The van der Waals surface area contributed by atoms with Gasteiger partial charge in [0.15, 0.2) is 0 Å². The lowest BCUT2D eigenvalue weighted by Crippen LogP contribution is -2.15. The molecule has 1 atom stereocenters. The summed E-state index contributed by atoms with van der Waals surface area (Å²) >= 11 is 5.93. The molecule has 1 nitrogen and oxygen atoms in total. The summed E-state index contributed by atoms with van der Waals surface area (Å²) in [6.07, 6.45) is 4.01. The smallest absolute Gasteiger partial charge is 0.0409 e. The van der Waals surface area contributed by atoms with E-state index in [9.17, 15) is 0 Å². The van der Waals surface area contributed by atoms with Gasteiger partial charge in [-0.2, -0.15) is 0 Å². The fraction of sp³-hybridized carbons (Fsp3) is 0.333. The highest BCUT2D eigenvalue weighted by molar-refractivity contribution is 6.30. The van der Waals surface area contributed by atoms with E-state index in [2.05, 4.69) is 18.0 Å². The van der Waals surface area contributed by atoms with Gasteiger partial charge in [0.05, 0.1) is 0 Å². The molecule has 0 saturated carbocycles. The molecule has 1 rings (SSSR count). The first-order chi connectivity index (χ1) is 6.77. The SMILES string of the molecule is C=CCCC(NC)c1cccc(Cl)c1. The molecule has 1 N–H and O–H groups in total. The minimum Gasteiger partial charge on any atom is -0.313 e. The minimum atomic E-state index is 0.367. The second-order valence-electron chi connectivity index (χ2n) is 3.26. The molecule has 0 aliphatic carbocycles. The predicted octanol–water partition coefficient (Wildman–Crippen LogP) is 3.57. The minimum absolute atomic E-state index is 0.367. The number of hydrogen-bond acceptors (Lipinski definition) is 1. The number of allylic oxidation sites excluding steroid dienone is 1. The van der Waals surface area contributed by atoms with Crippen LogP contribution in [0.1, 0.15) is 24.4 Å². The van der Waals surface area contributed by atoms with Crippen molar-refractivity contribution in [1.29, 1.82) is 0 Å². The van der Waals surface area contributed by atoms with Crippen molar-refractivity contribution in [2.45, 2.75) is 18.9 Å². The zero-order valence-corrected chi connectivity index (χ0v) is 9.22. The van der Waals surface area contributed by atoms with E-state index in [1.807, 2.05) is 31.3 Å². The van der Waals surface area contributed by atoms with Crippen molar-refractivity contribution in [2.24, 2.45) is 0 Å². The fourth-order valence-electron chi connectivity index (χ4n) is 1.49. The Hall–Kier alpha value is -0.790. The molecule has 1 unspecified atom stereocenters. The highest BCUT2D eigenvalue weighted by Crippen LogP contribution is 2.21. The first kappa shape index (κ1) is 11.3. The Kier molecular flexibility index (Phi) is 4.71. The van der Waals surface area contributed by atoms with Crippen LogP contribution in [0, 0.1) is 0 Å². The molecule has 0 bridgehead atoms. The molecule has 0 aromatic heterocycles. The van der Waals surface area contributed by atoms with Crippen molar-refractivity contribution in [1.82, 2.24) is 5.32 Å². The van der Waals surface area contributed by atoms with Crippen molar-refractivity contribution in [3.05, 3.63) is 47.5 Å². The van der Waals surface area contributed by atoms with Gasteiger partial charge in [0.2, 0.25) is 0 Å². The van der Waals surface area contributed by atoms with Gasteiger partial charge in [-0.15, -0.1) is 6.58 Å². The van der Waals surface area contributed by atoms with Crippen molar-refractivity contribution >= 4 is 11.6 Å². The van der Waals surface area contributed by atoms with Crippen LogP contribution in [0.25, 0.3) is 0 Å². The van der Waals surface area contributed by atoms with Crippen LogP contribution in [0.5, 0.6) is 0 Å². The summed E-state index contributed by atoms with van der Waals surface area (Å²) in [6, 6.07) is 8.34. The maximum absolute atomic E-state index is 5.93. The maximum Gasteiger partial charge on any atom is 0.0409 e. The van der Waals surface area contributed by atoms with Gasteiger partial charge in [0.1, 0.15) is 0 Å². The topological polar surface area (TPSA) is 12.0 Å². The summed E-state index contributed by atoms with van der Waals surface area (Å²) in [5.74, 6) is 0. The van der Waals surface area contributed by atoms with Crippen LogP contribution in [0.2, 0.25) is 5.02 Å². The summed E-state index contributed by atoms with van der Waals surface area (Å²) in [6.45, 7) is 3.72. The summed E-state index contributed by atoms with van der Waals surface area (Å²) in [5.41, 5.74) is 1.24. The number of rotatable bonds is 5. The standard InChI is InChI=1S/C12H16ClN/c1-3-4-8-12(14-2)10-6-5-7-11(13)9-10/h3,5-7,9,12,14H,1,4,8H2,2H3. The Labute approximate surface area is 90.8 Å². The summed E-state index contributed by atoms with van der Waals surface area (Å²) in [4.78, 5) is 0. The van der Waals surface area contributed by atoms with Crippen LogP contribution < -0.4 is 5.32 Å². The Morgan fingerprint density at radius 3 is 2.93 bits per heavy atom. The van der Waals surface area contributed by atoms with Gasteiger partial charge in [0.25, 0.3) is 0 Å². The lowest BCUT2D eigenvalue weighted by molar-refractivity contribution is 0.555. The molecule has 0 amide bonds. The van der Waals surface area contributed by atoms with Gasteiger partial charge < -0.3 is 5.32 Å². The highest BCUT2D eigenvalue weighted by atomic mass is 35.5. The molecule has 0 aliphatic heterocycles. The van der Waals surface area contributed by atoms with E-state index < -0.39 is 0 Å².